The quantitative estimate of drug-likeness (QED) is 0.0273. The Morgan fingerprint density at radius 3 is 1.53 bits per heavy atom. The Hall–Kier alpha value is -2.32. The van der Waals surface area contributed by atoms with E-state index in [1.165, 1.54) is 57.8 Å². The molecule has 0 rings (SSSR count). The van der Waals surface area contributed by atoms with Crippen molar-refractivity contribution in [2.24, 2.45) is 5.73 Å². The summed E-state index contributed by atoms with van der Waals surface area (Å²) in [6.45, 7) is 4.65. The fourth-order valence-corrected chi connectivity index (χ4v) is 6.17. The number of hydrogen-bond acceptors (Lipinski definition) is 7. The Balaban J connectivity index is 4.16. The summed E-state index contributed by atoms with van der Waals surface area (Å²) < 4.78 is 33.4. The van der Waals surface area contributed by atoms with E-state index in [0.29, 0.717) is 13.0 Å². The first-order chi connectivity index (χ1) is 26.9. The van der Waals surface area contributed by atoms with Crippen LogP contribution < -0.4 is 5.73 Å². The first-order valence-corrected chi connectivity index (χ1v) is 23.1. The van der Waals surface area contributed by atoms with Gasteiger partial charge in [0.1, 0.15) is 6.10 Å². The van der Waals surface area contributed by atoms with Crippen molar-refractivity contribution in [3.8, 4) is 0 Å². The molecule has 0 aliphatic carbocycles. The second-order valence-electron chi connectivity index (χ2n) is 13.8. The molecule has 2 unspecified atom stereocenters. The zero-order valence-electron chi connectivity index (χ0n) is 34.9. The molecule has 55 heavy (non-hydrogen) atoms. The molecule has 0 amide bonds. The Bertz CT molecular complexity index is 1110. The summed E-state index contributed by atoms with van der Waals surface area (Å²) in [5.74, 6) is -0.357. The lowest BCUT2D eigenvalue weighted by molar-refractivity contribution is -0.154. The maximum Gasteiger partial charge on any atom is 0.472 e. The lowest BCUT2D eigenvalue weighted by Crippen LogP contribution is -2.28. The fourth-order valence-electron chi connectivity index (χ4n) is 5.40. The zero-order chi connectivity index (χ0) is 40.2. The third kappa shape index (κ3) is 42.7. The molecule has 2 atom stereocenters. The van der Waals surface area contributed by atoms with Gasteiger partial charge < -0.3 is 20.1 Å². The number of rotatable bonds is 40. The maximum atomic E-state index is 12.6. The molecule has 0 aromatic heterocycles. The third-order valence-electron chi connectivity index (χ3n) is 8.55. The zero-order valence-corrected chi connectivity index (χ0v) is 35.8. The molecule has 3 N–H and O–H groups in total. The highest BCUT2D eigenvalue weighted by molar-refractivity contribution is 7.47. The molecule has 0 fully saturated rings. The number of carbonyl (C=O) groups excluding carboxylic acids is 1. The summed E-state index contributed by atoms with van der Waals surface area (Å²) in [6, 6.07) is 0. The topological polar surface area (TPSA) is 117 Å². The fraction of sp³-hybridized carbons (Fsp3) is 0.674. The minimum absolute atomic E-state index is 0.0787. The van der Waals surface area contributed by atoms with E-state index in [-0.39, 0.29) is 32.3 Å². The van der Waals surface area contributed by atoms with Gasteiger partial charge in [-0.2, -0.15) is 0 Å². The normalized spacial score (nSPS) is 14.3. The van der Waals surface area contributed by atoms with Crippen molar-refractivity contribution in [2.45, 2.75) is 168 Å². The summed E-state index contributed by atoms with van der Waals surface area (Å²) in [7, 11) is -4.30. The van der Waals surface area contributed by atoms with E-state index in [4.69, 9.17) is 24.3 Å². The third-order valence-corrected chi connectivity index (χ3v) is 9.53. The highest BCUT2D eigenvalue weighted by Gasteiger charge is 2.25. The molecule has 0 radical (unpaired) electrons. The van der Waals surface area contributed by atoms with Gasteiger partial charge in [0.05, 0.1) is 19.8 Å². The summed E-state index contributed by atoms with van der Waals surface area (Å²) in [5, 5.41) is 0. The van der Waals surface area contributed by atoms with Gasteiger partial charge in [-0.3, -0.25) is 13.8 Å². The first-order valence-electron chi connectivity index (χ1n) is 21.6. The van der Waals surface area contributed by atoms with Crippen molar-refractivity contribution in [1.29, 1.82) is 0 Å². The van der Waals surface area contributed by atoms with E-state index >= 15 is 0 Å². The van der Waals surface area contributed by atoms with E-state index in [9.17, 15) is 14.3 Å². The number of hydrogen-bond donors (Lipinski definition) is 2. The Kier molecular flexibility index (Phi) is 41.0. The number of unbranched alkanes of at least 4 members (excludes halogenated alkanes) is 13. The molecule has 0 aromatic carbocycles. The van der Waals surface area contributed by atoms with Crippen LogP contribution in [0, 0.1) is 0 Å². The van der Waals surface area contributed by atoms with Crippen molar-refractivity contribution in [2.75, 3.05) is 33.0 Å². The second kappa shape index (κ2) is 42.8. The van der Waals surface area contributed by atoms with Crippen molar-refractivity contribution >= 4 is 13.8 Å². The highest BCUT2D eigenvalue weighted by Crippen LogP contribution is 2.43. The summed E-state index contributed by atoms with van der Waals surface area (Å²) in [4.78, 5) is 22.5. The van der Waals surface area contributed by atoms with Crippen LogP contribution in [0.3, 0.4) is 0 Å². The van der Waals surface area contributed by atoms with Crippen molar-refractivity contribution < 1.29 is 32.8 Å². The summed E-state index contributed by atoms with van der Waals surface area (Å²) in [5.41, 5.74) is 5.36. The van der Waals surface area contributed by atoms with Crippen LogP contribution in [0.5, 0.6) is 0 Å². The molecule has 0 aliphatic rings. The number of carbonyl (C=O) groups is 1. The standard InChI is InChI=1S/C46H80NO7P/c1-3-5-7-9-11-13-15-17-19-21-23-25-27-29-31-33-35-37-39-46(48)54-45(44-53-55(49,50)52-42-40-47)43-51-41-38-36-34-32-30-28-26-24-22-20-18-16-14-12-10-8-6-4-2/h6,8,12-15,18-21,24,26,30,32,45H,3-5,7,9-11,16-17,22-23,25,27-29,31,33-44,47H2,1-2H3,(H,49,50)/b8-6-,14-12-,15-13-,20-18-,21-19-,26-24-,32-30-. The average Bonchev–Trinajstić information content (AvgIpc) is 3.17. The van der Waals surface area contributed by atoms with Gasteiger partial charge in [-0.25, -0.2) is 4.57 Å². The number of phosphoric acid groups is 1. The lowest BCUT2D eigenvalue weighted by Gasteiger charge is -2.20. The molecule has 0 saturated heterocycles. The largest absolute Gasteiger partial charge is 0.472 e. The molecule has 0 aromatic rings. The monoisotopic (exact) mass is 790 g/mol. The molecule has 8 nitrogen and oxygen atoms in total. The van der Waals surface area contributed by atoms with Crippen LogP contribution >= 0.6 is 7.82 Å². The molecule has 0 bridgehead atoms. The van der Waals surface area contributed by atoms with Crippen LogP contribution in [-0.4, -0.2) is 49.9 Å². The van der Waals surface area contributed by atoms with Gasteiger partial charge in [-0.05, 0) is 89.9 Å². The average molecular weight is 790 g/mol. The van der Waals surface area contributed by atoms with Crippen LogP contribution in [-0.2, 0) is 27.9 Å². The molecule has 9 heteroatoms. The highest BCUT2D eigenvalue weighted by atomic mass is 31.2. The van der Waals surface area contributed by atoms with E-state index < -0.39 is 13.9 Å². The molecule has 0 spiro atoms. The Morgan fingerprint density at radius 2 is 1.02 bits per heavy atom. The van der Waals surface area contributed by atoms with Crippen LogP contribution in [0.4, 0.5) is 0 Å². The minimum atomic E-state index is -4.30. The SMILES string of the molecule is CC/C=C\C/C=C\C/C=C\C/C=C\C/C=C\CCCCOCC(COP(=O)(O)OCCN)OC(=O)CCCCCCCCC/C=C\C/C=C\CCCCCC. The number of esters is 1. The van der Waals surface area contributed by atoms with E-state index in [0.717, 1.165) is 83.5 Å². The number of nitrogens with two attached hydrogens (primary N) is 1. The van der Waals surface area contributed by atoms with Crippen molar-refractivity contribution in [3.63, 3.8) is 0 Å². The predicted molar refractivity (Wildman–Crippen MR) is 233 cm³/mol. The number of allylic oxidation sites excluding steroid dienone is 14. The Labute approximate surface area is 337 Å². The van der Waals surface area contributed by atoms with Crippen molar-refractivity contribution in [1.82, 2.24) is 0 Å². The maximum absolute atomic E-state index is 12.6. The van der Waals surface area contributed by atoms with Crippen LogP contribution in [0.25, 0.3) is 0 Å². The first kappa shape index (κ1) is 52.7. The van der Waals surface area contributed by atoms with Crippen molar-refractivity contribution in [3.05, 3.63) is 85.1 Å². The molecular weight excluding hydrogens is 709 g/mol. The Morgan fingerprint density at radius 1 is 0.564 bits per heavy atom. The molecule has 0 aliphatic heterocycles. The van der Waals surface area contributed by atoms with Gasteiger partial charge in [-0.15, -0.1) is 0 Å². The van der Waals surface area contributed by atoms with E-state index in [1.807, 2.05) is 0 Å². The van der Waals surface area contributed by atoms with Gasteiger partial charge in [0.25, 0.3) is 0 Å². The minimum Gasteiger partial charge on any atom is -0.457 e. The molecule has 316 valence electrons. The molecule has 0 heterocycles. The predicted octanol–water partition coefficient (Wildman–Crippen LogP) is 12.9. The van der Waals surface area contributed by atoms with E-state index in [1.54, 1.807) is 0 Å². The van der Waals surface area contributed by atoms with Crippen LogP contribution in [0.1, 0.15) is 162 Å². The molecular formula is C46H80NO7P. The summed E-state index contributed by atoms with van der Waals surface area (Å²) >= 11 is 0. The number of ether oxygens (including phenoxy) is 2. The van der Waals surface area contributed by atoms with Crippen LogP contribution in [0.15, 0.2) is 85.1 Å². The van der Waals surface area contributed by atoms with Gasteiger partial charge in [-0.1, -0.05) is 150 Å². The number of phosphoric ester groups is 1. The van der Waals surface area contributed by atoms with Gasteiger partial charge in [0.15, 0.2) is 0 Å². The lowest BCUT2D eigenvalue weighted by atomic mass is 10.1. The van der Waals surface area contributed by atoms with Gasteiger partial charge in [0, 0.05) is 19.6 Å². The van der Waals surface area contributed by atoms with Gasteiger partial charge >= 0.3 is 13.8 Å². The smallest absolute Gasteiger partial charge is 0.457 e. The second-order valence-corrected chi connectivity index (χ2v) is 15.3. The summed E-state index contributed by atoms with van der Waals surface area (Å²) in [6.07, 6.45) is 54.6. The van der Waals surface area contributed by atoms with Gasteiger partial charge in [0.2, 0.25) is 0 Å². The molecule has 0 saturated carbocycles. The van der Waals surface area contributed by atoms with E-state index in [2.05, 4.69) is 98.9 Å². The van der Waals surface area contributed by atoms with Crippen LogP contribution in [0.2, 0.25) is 0 Å².